The third-order valence-corrected chi connectivity index (χ3v) is 5.33. The monoisotopic (exact) mass is 468 g/mol. The highest BCUT2D eigenvalue weighted by Gasteiger charge is 2.29. The molecule has 0 bridgehead atoms. The molecule has 2 aromatic carbocycles. The summed E-state index contributed by atoms with van der Waals surface area (Å²) < 4.78 is 32.3. The van der Waals surface area contributed by atoms with Crippen LogP contribution in [0.25, 0.3) is 12.2 Å². The lowest BCUT2D eigenvalue weighted by Gasteiger charge is -2.26. The van der Waals surface area contributed by atoms with Crippen molar-refractivity contribution in [3.05, 3.63) is 59.7 Å². The van der Waals surface area contributed by atoms with Gasteiger partial charge in [0.2, 0.25) is 0 Å². The van der Waals surface area contributed by atoms with Crippen LogP contribution in [0.1, 0.15) is 37.8 Å². The maximum atomic E-state index is 12.3. The fraction of sp³-hybridized carbons (Fsp3) is 0.385. The zero-order valence-electron chi connectivity index (χ0n) is 19.2. The molecular formula is C26H28O8. The standard InChI is InChI=1S/C26H28O8/c1-17-12-14-29-25(31-17)23(27)33-21-10-8-19(9-11-21)6-7-20-4-3-5-22(16-20)34-24(28)26-30-15-13-18(2)32-26/h3-11,16-18,25-26H,12-15H2,1-2H3/b7-6+/t17-,18-,25?,26?/m1/s1. The molecule has 8 nitrogen and oxygen atoms in total. The van der Waals surface area contributed by atoms with E-state index in [0.717, 1.165) is 24.0 Å². The molecule has 2 aromatic rings. The third kappa shape index (κ3) is 6.74. The quantitative estimate of drug-likeness (QED) is 0.357. The molecule has 4 rings (SSSR count). The maximum absolute atomic E-state index is 12.3. The zero-order valence-corrected chi connectivity index (χ0v) is 19.2. The Kier molecular flexibility index (Phi) is 8.08. The van der Waals surface area contributed by atoms with Gasteiger partial charge in [-0.15, -0.1) is 0 Å². The largest absolute Gasteiger partial charge is 0.423 e. The first-order valence-corrected chi connectivity index (χ1v) is 11.3. The summed E-state index contributed by atoms with van der Waals surface area (Å²) in [6.07, 6.45) is 3.19. The molecule has 0 saturated carbocycles. The molecule has 2 heterocycles. The fourth-order valence-corrected chi connectivity index (χ4v) is 3.42. The molecule has 2 unspecified atom stereocenters. The molecule has 0 aromatic heterocycles. The van der Waals surface area contributed by atoms with Crippen LogP contribution in [0.15, 0.2) is 48.5 Å². The number of carbonyl (C=O) groups excluding carboxylic acids is 2. The van der Waals surface area contributed by atoms with E-state index in [2.05, 4.69) is 0 Å². The van der Waals surface area contributed by atoms with Crippen LogP contribution >= 0.6 is 0 Å². The Morgan fingerprint density at radius 3 is 1.91 bits per heavy atom. The summed E-state index contributed by atoms with van der Waals surface area (Å²) in [6, 6.07) is 14.2. The van der Waals surface area contributed by atoms with Crippen molar-refractivity contribution in [2.75, 3.05) is 13.2 Å². The Bertz CT molecular complexity index is 1020. The Labute approximate surface area is 198 Å². The van der Waals surface area contributed by atoms with Gasteiger partial charge in [0.25, 0.3) is 12.6 Å². The van der Waals surface area contributed by atoms with Crippen LogP contribution in [0.4, 0.5) is 0 Å². The lowest BCUT2D eigenvalue weighted by Crippen LogP contribution is -2.38. The van der Waals surface area contributed by atoms with Gasteiger partial charge in [-0.1, -0.05) is 36.4 Å². The van der Waals surface area contributed by atoms with Gasteiger partial charge < -0.3 is 28.4 Å². The van der Waals surface area contributed by atoms with Crippen molar-refractivity contribution in [1.29, 1.82) is 0 Å². The Morgan fingerprint density at radius 1 is 0.765 bits per heavy atom. The van der Waals surface area contributed by atoms with Crippen LogP contribution in [-0.2, 0) is 28.5 Å². The molecule has 34 heavy (non-hydrogen) atoms. The molecule has 0 N–H and O–H groups in total. The van der Waals surface area contributed by atoms with E-state index in [1.807, 2.05) is 44.2 Å². The first-order valence-electron chi connectivity index (χ1n) is 11.3. The summed E-state index contributed by atoms with van der Waals surface area (Å²) in [7, 11) is 0. The van der Waals surface area contributed by atoms with Crippen molar-refractivity contribution in [1.82, 2.24) is 0 Å². The number of hydrogen-bond acceptors (Lipinski definition) is 8. The van der Waals surface area contributed by atoms with E-state index < -0.39 is 24.5 Å². The Morgan fingerprint density at radius 2 is 1.32 bits per heavy atom. The SMILES string of the molecule is C[C@@H]1CCOC(C(=O)Oc2ccc(/C=C/c3cccc(OC(=O)C4OCC[C@@H](C)O4)c3)cc2)O1. The number of benzene rings is 2. The number of esters is 2. The van der Waals surface area contributed by atoms with E-state index in [1.165, 1.54) is 0 Å². The van der Waals surface area contributed by atoms with E-state index in [0.29, 0.717) is 24.7 Å². The molecule has 0 amide bonds. The van der Waals surface area contributed by atoms with Crippen molar-refractivity contribution >= 4 is 24.1 Å². The minimum absolute atomic E-state index is 0.0431. The van der Waals surface area contributed by atoms with Crippen LogP contribution in [0.2, 0.25) is 0 Å². The normalized spacial score (nSPS) is 25.1. The molecule has 4 atom stereocenters. The van der Waals surface area contributed by atoms with E-state index in [9.17, 15) is 9.59 Å². The second-order valence-electron chi connectivity index (χ2n) is 8.19. The smallest absolute Gasteiger partial charge is 0.368 e. The lowest BCUT2D eigenvalue weighted by atomic mass is 10.1. The van der Waals surface area contributed by atoms with Crippen molar-refractivity contribution in [3.63, 3.8) is 0 Å². The summed E-state index contributed by atoms with van der Waals surface area (Å²) in [5.41, 5.74) is 1.75. The predicted molar refractivity (Wildman–Crippen MR) is 123 cm³/mol. The highest BCUT2D eigenvalue weighted by molar-refractivity contribution is 5.77. The van der Waals surface area contributed by atoms with Crippen LogP contribution in [0, 0.1) is 0 Å². The fourth-order valence-electron chi connectivity index (χ4n) is 3.42. The summed E-state index contributed by atoms with van der Waals surface area (Å²) in [4.78, 5) is 24.5. The molecule has 8 heteroatoms. The van der Waals surface area contributed by atoms with Gasteiger partial charge in [-0.05, 0) is 62.1 Å². The van der Waals surface area contributed by atoms with Gasteiger partial charge in [0.05, 0.1) is 25.4 Å². The summed E-state index contributed by atoms with van der Waals surface area (Å²) in [5.74, 6) is -0.333. The van der Waals surface area contributed by atoms with Crippen LogP contribution in [0.5, 0.6) is 11.5 Å². The minimum Gasteiger partial charge on any atom is -0.423 e. The van der Waals surface area contributed by atoms with Crippen molar-refractivity contribution in [2.24, 2.45) is 0 Å². The van der Waals surface area contributed by atoms with Crippen LogP contribution in [0.3, 0.4) is 0 Å². The van der Waals surface area contributed by atoms with E-state index in [-0.39, 0.29) is 12.2 Å². The second-order valence-corrected chi connectivity index (χ2v) is 8.19. The minimum atomic E-state index is -1.00. The average Bonchev–Trinajstić information content (AvgIpc) is 2.84. The number of carbonyl (C=O) groups is 2. The predicted octanol–water partition coefficient (Wildman–Crippen LogP) is 3.97. The molecule has 2 fully saturated rings. The van der Waals surface area contributed by atoms with Gasteiger partial charge in [-0.25, -0.2) is 9.59 Å². The third-order valence-electron chi connectivity index (χ3n) is 5.33. The van der Waals surface area contributed by atoms with Gasteiger partial charge in [0, 0.05) is 0 Å². The molecule has 2 aliphatic heterocycles. The second kappa shape index (κ2) is 11.4. The Balaban J connectivity index is 1.32. The molecule has 0 spiro atoms. The molecule has 2 saturated heterocycles. The molecule has 2 aliphatic rings. The zero-order chi connectivity index (χ0) is 23.9. The lowest BCUT2D eigenvalue weighted by molar-refractivity contribution is -0.219. The molecular weight excluding hydrogens is 440 g/mol. The van der Waals surface area contributed by atoms with Crippen LogP contribution < -0.4 is 9.47 Å². The summed E-state index contributed by atoms with van der Waals surface area (Å²) >= 11 is 0. The average molecular weight is 469 g/mol. The molecule has 0 radical (unpaired) electrons. The number of ether oxygens (including phenoxy) is 6. The highest BCUT2D eigenvalue weighted by Crippen LogP contribution is 2.21. The highest BCUT2D eigenvalue weighted by atomic mass is 16.7. The van der Waals surface area contributed by atoms with Crippen LogP contribution in [-0.4, -0.2) is 49.9 Å². The van der Waals surface area contributed by atoms with Gasteiger partial charge in [0.15, 0.2) is 0 Å². The van der Waals surface area contributed by atoms with E-state index in [4.69, 9.17) is 28.4 Å². The number of hydrogen-bond donors (Lipinski definition) is 0. The van der Waals surface area contributed by atoms with Gasteiger partial charge >= 0.3 is 11.9 Å². The van der Waals surface area contributed by atoms with E-state index in [1.54, 1.807) is 30.3 Å². The molecule has 180 valence electrons. The first-order chi connectivity index (χ1) is 16.5. The summed E-state index contributed by atoms with van der Waals surface area (Å²) in [5, 5.41) is 0. The number of rotatable bonds is 6. The maximum Gasteiger partial charge on any atom is 0.368 e. The van der Waals surface area contributed by atoms with Crippen molar-refractivity contribution in [2.45, 2.75) is 51.5 Å². The Hall–Kier alpha value is -3.04. The van der Waals surface area contributed by atoms with E-state index >= 15 is 0 Å². The topological polar surface area (TPSA) is 89.5 Å². The van der Waals surface area contributed by atoms with Gasteiger partial charge in [-0.2, -0.15) is 0 Å². The van der Waals surface area contributed by atoms with Crippen molar-refractivity contribution < 1.29 is 38.0 Å². The van der Waals surface area contributed by atoms with Gasteiger partial charge in [0.1, 0.15) is 11.5 Å². The first kappa shape index (κ1) is 24.1. The van der Waals surface area contributed by atoms with Crippen molar-refractivity contribution in [3.8, 4) is 11.5 Å². The molecule has 0 aliphatic carbocycles. The summed E-state index contributed by atoms with van der Waals surface area (Å²) in [6.45, 7) is 4.71. The van der Waals surface area contributed by atoms with Gasteiger partial charge in [-0.3, -0.25) is 0 Å².